The number of aromatic nitrogens is 2. The number of rotatable bonds is 6. The first kappa shape index (κ1) is 13.3. The molecule has 5 nitrogen and oxygen atoms in total. The second-order valence-corrected chi connectivity index (χ2v) is 3.99. The molecule has 0 atom stereocenters. The summed E-state index contributed by atoms with van der Waals surface area (Å²) in [6.45, 7) is 2.93. The Balaban J connectivity index is 2.05. The number of benzene rings is 1. The summed E-state index contributed by atoms with van der Waals surface area (Å²) in [4.78, 5) is 8.34. The van der Waals surface area contributed by atoms with Gasteiger partial charge in [-0.2, -0.15) is 4.98 Å². The van der Waals surface area contributed by atoms with Crippen molar-refractivity contribution >= 4 is 5.82 Å². The van der Waals surface area contributed by atoms with Gasteiger partial charge in [-0.3, -0.25) is 4.98 Å². The summed E-state index contributed by atoms with van der Waals surface area (Å²) < 4.78 is 5.62. The van der Waals surface area contributed by atoms with Gasteiger partial charge in [0.2, 0.25) is 5.88 Å². The number of hydrogen-bond acceptors (Lipinski definition) is 5. The van der Waals surface area contributed by atoms with Crippen LogP contribution in [0.5, 0.6) is 11.6 Å². The van der Waals surface area contributed by atoms with E-state index in [0.29, 0.717) is 23.9 Å². The van der Waals surface area contributed by atoms with Crippen LogP contribution in [0.3, 0.4) is 0 Å². The highest BCUT2D eigenvalue weighted by Gasteiger charge is 2.01. The molecule has 0 radical (unpaired) electrons. The molecule has 5 heteroatoms. The molecule has 0 saturated heterocycles. The normalized spacial score (nSPS) is 10.2. The van der Waals surface area contributed by atoms with E-state index in [1.165, 1.54) is 0 Å². The van der Waals surface area contributed by atoms with Crippen molar-refractivity contribution in [2.45, 2.75) is 13.3 Å². The Hall–Kier alpha value is -2.14. The van der Waals surface area contributed by atoms with E-state index in [1.807, 2.05) is 31.2 Å². The molecule has 0 saturated carbocycles. The average Bonchev–Trinajstić information content (AvgIpc) is 2.42. The van der Waals surface area contributed by atoms with Crippen molar-refractivity contribution in [2.75, 3.05) is 18.5 Å². The lowest BCUT2D eigenvalue weighted by molar-refractivity contribution is 0.299. The summed E-state index contributed by atoms with van der Waals surface area (Å²) in [5.41, 5.74) is 1.07. The van der Waals surface area contributed by atoms with Crippen LogP contribution in [-0.4, -0.2) is 28.2 Å². The molecule has 100 valence electrons. The first-order valence-corrected chi connectivity index (χ1v) is 6.25. The molecule has 0 unspecified atom stereocenters. The minimum atomic E-state index is 0.149. The van der Waals surface area contributed by atoms with E-state index < -0.39 is 0 Å². The number of nitrogens with one attached hydrogen (secondary N) is 1. The number of aliphatic hydroxyl groups excluding tert-OH is 1. The molecule has 2 rings (SSSR count). The summed E-state index contributed by atoms with van der Waals surface area (Å²) in [6.07, 6.45) is 3.87. The zero-order valence-electron chi connectivity index (χ0n) is 10.8. The van der Waals surface area contributed by atoms with Gasteiger partial charge in [0, 0.05) is 13.2 Å². The molecule has 0 bridgehead atoms. The van der Waals surface area contributed by atoms with E-state index in [4.69, 9.17) is 9.84 Å². The number of aliphatic hydroxyl groups is 1. The van der Waals surface area contributed by atoms with E-state index >= 15 is 0 Å². The molecule has 2 N–H and O–H groups in total. The zero-order chi connectivity index (χ0) is 13.5. The molecule has 0 spiro atoms. The summed E-state index contributed by atoms with van der Waals surface area (Å²) in [5, 5.41) is 11.9. The van der Waals surface area contributed by atoms with Crippen LogP contribution in [0, 0.1) is 0 Å². The van der Waals surface area contributed by atoms with Gasteiger partial charge in [0.25, 0.3) is 0 Å². The van der Waals surface area contributed by atoms with Crippen LogP contribution in [0.4, 0.5) is 5.82 Å². The highest BCUT2D eigenvalue weighted by molar-refractivity contribution is 5.35. The fourth-order valence-corrected chi connectivity index (χ4v) is 1.64. The third-order valence-electron chi connectivity index (χ3n) is 2.52. The van der Waals surface area contributed by atoms with Gasteiger partial charge >= 0.3 is 0 Å². The Morgan fingerprint density at radius 2 is 2.00 bits per heavy atom. The van der Waals surface area contributed by atoms with Crippen LogP contribution >= 0.6 is 0 Å². The van der Waals surface area contributed by atoms with E-state index in [-0.39, 0.29) is 6.61 Å². The highest BCUT2D eigenvalue weighted by atomic mass is 16.5. The Kier molecular flexibility index (Phi) is 4.69. The molecule has 0 amide bonds. The van der Waals surface area contributed by atoms with Crippen molar-refractivity contribution in [1.82, 2.24) is 9.97 Å². The maximum Gasteiger partial charge on any atom is 0.239 e. The van der Waals surface area contributed by atoms with Crippen molar-refractivity contribution in [3.63, 3.8) is 0 Å². The zero-order valence-corrected chi connectivity index (χ0v) is 10.8. The van der Waals surface area contributed by atoms with Crippen LogP contribution in [0.2, 0.25) is 0 Å². The molecular formula is C14H17N3O2. The average molecular weight is 259 g/mol. The number of nitrogens with zero attached hydrogens (tertiary/aromatic N) is 2. The third kappa shape index (κ3) is 3.93. The van der Waals surface area contributed by atoms with Crippen molar-refractivity contribution in [1.29, 1.82) is 0 Å². The van der Waals surface area contributed by atoms with Gasteiger partial charge < -0.3 is 15.2 Å². The molecule has 0 aliphatic rings. The van der Waals surface area contributed by atoms with E-state index in [0.717, 1.165) is 12.1 Å². The van der Waals surface area contributed by atoms with Crippen LogP contribution in [0.1, 0.15) is 12.5 Å². The molecule has 0 fully saturated rings. The highest BCUT2D eigenvalue weighted by Crippen LogP contribution is 2.20. The lowest BCUT2D eigenvalue weighted by atomic mass is 10.1. The third-order valence-corrected chi connectivity index (χ3v) is 2.52. The van der Waals surface area contributed by atoms with Crippen LogP contribution in [0.25, 0.3) is 0 Å². The predicted molar refractivity (Wildman–Crippen MR) is 73.5 cm³/mol. The monoisotopic (exact) mass is 259 g/mol. The number of anilines is 1. The Bertz CT molecular complexity index is 514. The molecule has 1 aromatic carbocycles. The predicted octanol–water partition coefficient (Wildman–Crippen LogP) is 2.24. The van der Waals surface area contributed by atoms with Gasteiger partial charge in [-0.1, -0.05) is 12.1 Å². The SMILES string of the molecule is CCNc1cncc(Oc2ccc(CCO)cc2)n1. The van der Waals surface area contributed by atoms with E-state index in [2.05, 4.69) is 15.3 Å². The number of ether oxygens (including phenoxy) is 1. The van der Waals surface area contributed by atoms with Gasteiger partial charge in [0.15, 0.2) is 0 Å². The molecule has 1 heterocycles. The molecule has 0 aliphatic heterocycles. The van der Waals surface area contributed by atoms with Crippen molar-refractivity contribution in [3.8, 4) is 11.6 Å². The van der Waals surface area contributed by atoms with Gasteiger partial charge in [0.05, 0.1) is 12.4 Å². The minimum Gasteiger partial charge on any atom is -0.437 e. The Morgan fingerprint density at radius 3 is 2.68 bits per heavy atom. The first-order valence-electron chi connectivity index (χ1n) is 6.25. The summed E-state index contributed by atoms with van der Waals surface area (Å²) in [6, 6.07) is 7.56. The van der Waals surface area contributed by atoms with E-state index in [9.17, 15) is 0 Å². The lowest BCUT2D eigenvalue weighted by Crippen LogP contribution is -2.00. The minimum absolute atomic E-state index is 0.149. The van der Waals surface area contributed by atoms with Crippen molar-refractivity contribution in [3.05, 3.63) is 42.2 Å². The van der Waals surface area contributed by atoms with Crippen molar-refractivity contribution in [2.24, 2.45) is 0 Å². The molecule has 1 aromatic heterocycles. The van der Waals surface area contributed by atoms with Crippen LogP contribution in [0.15, 0.2) is 36.7 Å². The smallest absolute Gasteiger partial charge is 0.239 e. The van der Waals surface area contributed by atoms with Gasteiger partial charge in [-0.05, 0) is 31.0 Å². The Morgan fingerprint density at radius 1 is 1.21 bits per heavy atom. The second-order valence-electron chi connectivity index (χ2n) is 3.99. The summed E-state index contributed by atoms with van der Waals surface area (Å²) in [5.74, 6) is 1.84. The summed E-state index contributed by atoms with van der Waals surface area (Å²) >= 11 is 0. The maximum absolute atomic E-state index is 8.85. The quantitative estimate of drug-likeness (QED) is 0.832. The summed E-state index contributed by atoms with van der Waals surface area (Å²) in [7, 11) is 0. The number of hydrogen-bond donors (Lipinski definition) is 2. The van der Waals surface area contributed by atoms with E-state index in [1.54, 1.807) is 12.4 Å². The second kappa shape index (κ2) is 6.70. The van der Waals surface area contributed by atoms with Crippen LogP contribution in [-0.2, 0) is 6.42 Å². The maximum atomic E-state index is 8.85. The van der Waals surface area contributed by atoms with Gasteiger partial charge in [0.1, 0.15) is 11.6 Å². The van der Waals surface area contributed by atoms with Gasteiger partial charge in [-0.25, -0.2) is 0 Å². The van der Waals surface area contributed by atoms with Crippen molar-refractivity contribution < 1.29 is 9.84 Å². The van der Waals surface area contributed by atoms with Gasteiger partial charge in [-0.15, -0.1) is 0 Å². The first-order chi connectivity index (χ1) is 9.31. The molecule has 19 heavy (non-hydrogen) atoms. The Labute approximate surface area is 112 Å². The largest absolute Gasteiger partial charge is 0.437 e. The molecular weight excluding hydrogens is 242 g/mol. The molecule has 2 aromatic rings. The standard InChI is InChI=1S/C14H17N3O2/c1-2-16-13-9-15-10-14(17-13)19-12-5-3-11(4-6-12)7-8-18/h3-6,9-10,18H,2,7-8H2,1H3,(H,16,17). The lowest BCUT2D eigenvalue weighted by Gasteiger charge is -2.07. The molecule has 0 aliphatic carbocycles. The topological polar surface area (TPSA) is 67.3 Å². The van der Waals surface area contributed by atoms with Crippen LogP contribution < -0.4 is 10.1 Å². The fraction of sp³-hybridized carbons (Fsp3) is 0.286. The fourth-order valence-electron chi connectivity index (χ4n) is 1.64.